The normalized spacial score (nSPS) is 16.6. The van der Waals surface area contributed by atoms with Gasteiger partial charge in [-0.1, -0.05) is 29.8 Å². The fraction of sp³-hybridized carbons (Fsp3) is 0.167. The van der Waals surface area contributed by atoms with Crippen molar-refractivity contribution in [1.29, 1.82) is 0 Å². The second-order valence-electron chi connectivity index (χ2n) is 6.00. The molecule has 8 heteroatoms. The zero-order valence-electron chi connectivity index (χ0n) is 13.7. The zero-order chi connectivity index (χ0) is 18.3. The van der Waals surface area contributed by atoms with Crippen molar-refractivity contribution in [1.82, 2.24) is 19.7 Å². The van der Waals surface area contributed by atoms with Gasteiger partial charge in [-0.15, -0.1) is 5.10 Å². The first-order valence-corrected chi connectivity index (χ1v) is 7.91. The van der Waals surface area contributed by atoms with Crippen molar-refractivity contribution in [3.8, 4) is 0 Å². The molecular weight excluding hydrogens is 343 g/mol. The minimum atomic E-state index is -4.61. The highest BCUT2D eigenvalue weighted by Crippen LogP contribution is 2.35. The summed E-state index contributed by atoms with van der Waals surface area (Å²) in [5.41, 5.74) is 3.28. The van der Waals surface area contributed by atoms with E-state index in [1.54, 1.807) is 18.5 Å². The van der Waals surface area contributed by atoms with Crippen LogP contribution < -0.4 is 5.32 Å². The number of pyridine rings is 1. The first kappa shape index (κ1) is 16.3. The maximum atomic E-state index is 13.1. The van der Waals surface area contributed by atoms with Crippen LogP contribution in [0.2, 0.25) is 0 Å². The summed E-state index contributed by atoms with van der Waals surface area (Å²) in [6.07, 6.45) is 0.484. The second kappa shape index (κ2) is 5.98. The minimum Gasteiger partial charge on any atom is -0.324 e. The summed E-state index contributed by atoms with van der Waals surface area (Å²) >= 11 is 0. The van der Waals surface area contributed by atoms with Crippen LogP contribution in [0.5, 0.6) is 0 Å². The molecule has 0 saturated carbocycles. The summed E-state index contributed by atoms with van der Waals surface area (Å²) in [6, 6.07) is 10.7. The molecule has 26 heavy (non-hydrogen) atoms. The van der Waals surface area contributed by atoms with Gasteiger partial charge in [-0.05, 0) is 30.7 Å². The molecule has 4 rings (SSSR count). The lowest BCUT2D eigenvalue weighted by Gasteiger charge is -2.24. The van der Waals surface area contributed by atoms with Crippen LogP contribution in [0.3, 0.4) is 0 Å². The van der Waals surface area contributed by atoms with Crippen LogP contribution in [-0.2, 0) is 6.18 Å². The second-order valence-corrected chi connectivity index (χ2v) is 6.00. The Balaban J connectivity index is 1.84. The standard InChI is InChI=1S/C18H14F3N5/c1-11-4-6-12(7-5-11)15-9-14(13-3-2-8-22-10-13)23-17-24-16(18(19,20)21)25-26(15)17/h2-10,15H,1H3,(H,23,24,25)/t15-/m1/s1. The van der Waals surface area contributed by atoms with Crippen molar-refractivity contribution in [3.63, 3.8) is 0 Å². The number of nitrogens with one attached hydrogen (secondary N) is 1. The Hall–Kier alpha value is -3.16. The number of nitrogens with zero attached hydrogens (tertiary/aromatic N) is 4. The number of hydrogen-bond donors (Lipinski definition) is 1. The number of hydrogen-bond acceptors (Lipinski definition) is 4. The molecule has 1 aliphatic rings. The molecule has 1 aliphatic heterocycles. The third kappa shape index (κ3) is 2.94. The molecule has 2 aromatic heterocycles. The summed E-state index contributed by atoms with van der Waals surface area (Å²) in [5.74, 6) is -1.12. The van der Waals surface area contributed by atoms with E-state index in [9.17, 15) is 13.2 Å². The number of alkyl halides is 3. The lowest BCUT2D eigenvalue weighted by Crippen LogP contribution is -2.20. The molecule has 1 atom stereocenters. The van der Waals surface area contributed by atoms with Crippen molar-refractivity contribution in [2.75, 3.05) is 5.32 Å². The molecular formula is C18H14F3N5. The Morgan fingerprint density at radius 1 is 1.12 bits per heavy atom. The van der Waals surface area contributed by atoms with E-state index in [1.165, 1.54) is 4.68 Å². The maximum Gasteiger partial charge on any atom is 0.453 e. The number of benzene rings is 1. The summed E-state index contributed by atoms with van der Waals surface area (Å²) in [7, 11) is 0. The quantitative estimate of drug-likeness (QED) is 0.752. The molecule has 3 heterocycles. The number of fused-ring (bicyclic) bond motifs is 1. The Morgan fingerprint density at radius 3 is 2.54 bits per heavy atom. The molecule has 0 radical (unpaired) electrons. The van der Waals surface area contributed by atoms with Gasteiger partial charge in [0.1, 0.15) is 6.04 Å². The molecule has 0 amide bonds. The summed E-state index contributed by atoms with van der Waals surface area (Å²) in [4.78, 5) is 7.71. The van der Waals surface area contributed by atoms with Gasteiger partial charge < -0.3 is 5.32 Å². The van der Waals surface area contributed by atoms with Gasteiger partial charge in [-0.25, -0.2) is 4.68 Å². The first-order valence-electron chi connectivity index (χ1n) is 7.91. The van der Waals surface area contributed by atoms with Crippen LogP contribution in [0, 0.1) is 6.92 Å². The molecule has 1 N–H and O–H groups in total. The van der Waals surface area contributed by atoms with Crippen molar-refractivity contribution in [3.05, 3.63) is 77.4 Å². The van der Waals surface area contributed by atoms with E-state index < -0.39 is 18.0 Å². The SMILES string of the molecule is Cc1ccc([C@H]2C=C(c3cccnc3)Nc3nc(C(F)(F)F)nn32)cc1. The zero-order valence-corrected chi connectivity index (χ0v) is 13.7. The summed E-state index contributed by atoms with van der Waals surface area (Å²) < 4.78 is 40.5. The van der Waals surface area contributed by atoms with Gasteiger partial charge in [-0.3, -0.25) is 4.98 Å². The highest BCUT2D eigenvalue weighted by molar-refractivity contribution is 5.76. The number of aromatic nitrogens is 4. The van der Waals surface area contributed by atoms with Crippen LogP contribution in [0.25, 0.3) is 5.70 Å². The number of anilines is 1. The van der Waals surface area contributed by atoms with Crippen molar-refractivity contribution >= 4 is 11.6 Å². The van der Waals surface area contributed by atoms with E-state index in [-0.39, 0.29) is 5.95 Å². The molecule has 0 bridgehead atoms. The molecule has 0 saturated heterocycles. The molecule has 0 fully saturated rings. The van der Waals surface area contributed by atoms with Gasteiger partial charge in [0.05, 0.1) is 0 Å². The van der Waals surface area contributed by atoms with Gasteiger partial charge in [0.15, 0.2) is 0 Å². The fourth-order valence-corrected chi connectivity index (χ4v) is 2.80. The average molecular weight is 357 g/mol. The Bertz CT molecular complexity index is 959. The molecule has 132 valence electrons. The van der Waals surface area contributed by atoms with Crippen LogP contribution in [0.1, 0.15) is 28.6 Å². The molecule has 5 nitrogen and oxygen atoms in total. The van der Waals surface area contributed by atoms with Crippen LogP contribution in [0.4, 0.5) is 19.1 Å². The van der Waals surface area contributed by atoms with Crippen LogP contribution in [-0.4, -0.2) is 19.7 Å². The largest absolute Gasteiger partial charge is 0.453 e. The highest BCUT2D eigenvalue weighted by Gasteiger charge is 2.39. The van der Waals surface area contributed by atoms with E-state index in [1.807, 2.05) is 43.3 Å². The molecule has 1 aromatic carbocycles. The third-order valence-electron chi connectivity index (χ3n) is 4.11. The maximum absolute atomic E-state index is 13.1. The number of halogens is 3. The molecule has 3 aromatic rings. The van der Waals surface area contributed by atoms with E-state index in [4.69, 9.17) is 0 Å². The third-order valence-corrected chi connectivity index (χ3v) is 4.11. The highest BCUT2D eigenvalue weighted by atomic mass is 19.4. The molecule has 0 aliphatic carbocycles. The first-order chi connectivity index (χ1) is 12.4. The minimum absolute atomic E-state index is 0.0456. The topological polar surface area (TPSA) is 55.6 Å². The van der Waals surface area contributed by atoms with E-state index in [0.717, 1.165) is 16.7 Å². The van der Waals surface area contributed by atoms with Gasteiger partial charge in [0.25, 0.3) is 5.82 Å². The van der Waals surface area contributed by atoms with Crippen molar-refractivity contribution in [2.45, 2.75) is 19.1 Å². The van der Waals surface area contributed by atoms with E-state index in [0.29, 0.717) is 5.70 Å². The van der Waals surface area contributed by atoms with Gasteiger partial charge in [0.2, 0.25) is 5.95 Å². The average Bonchev–Trinajstić information content (AvgIpc) is 3.07. The lowest BCUT2D eigenvalue weighted by atomic mass is 10.0. The van der Waals surface area contributed by atoms with Gasteiger partial charge in [-0.2, -0.15) is 18.2 Å². The Labute approximate surface area is 147 Å². The number of allylic oxidation sites excluding steroid dienone is 1. The Morgan fingerprint density at radius 2 is 1.88 bits per heavy atom. The summed E-state index contributed by atoms with van der Waals surface area (Å²) in [6.45, 7) is 1.95. The van der Waals surface area contributed by atoms with Crippen molar-refractivity contribution < 1.29 is 13.2 Å². The fourth-order valence-electron chi connectivity index (χ4n) is 2.80. The summed E-state index contributed by atoms with van der Waals surface area (Å²) in [5, 5.41) is 6.62. The number of rotatable bonds is 2. The van der Waals surface area contributed by atoms with Gasteiger partial charge in [0, 0.05) is 23.7 Å². The smallest absolute Gasteiger partial charge is 0.324 e. The van der Waals surface area contributed by atoms with Crippen molar-refractivity contribution in [2.24, 2.45) is 0 Å². The molecule has 0 spiro atoms. The predicted molar refractivity (Wildman–Crippen MR) is 90.2 cm³/mol. The molecule has 0 unspecified atom stereocenters. The Kier molecular flexibility index (Phi) is 3.75. The monoisotopic (exact) mass is 357 g/mol. The lowest BCUT2D eigenvalue weighted by molar-refractivity contribution is -0.145. The van der Waals surface area contributed by atoms with Gasteiger partial charge >= 0.3 is 6.18 Å². The van der Waals surface area contributed by atoms with Crippen LogP contribution >= 0.6 is 0 Å². The van der Waals surface area contributed by atoms with Crippen LogP contribution in [0.15, 0.2) is 54.9 Å². The van der Waals surface area contributed by atoms with E-state index in [2.05, 4.69) is 20.4 Å². The predicted octanol–water partition coefficient (Wildman–Crippen LogP) is 4.06. The number of aryl methyl sites for hydroxylation is 1. The van der Waals surface area contributed by atoms with E-state index >= 15 is 0 Å².